The van der Waals surface area contributed by atoms with E-state index >= 15 is 0 Å². The number of carbonyl (C=O) groups is 1. The molecule has 12 heavy (non-hydrogen) atoms. The molecule has 0 aliphatic carbocycles. The summed E-state index contributed by atoms with van der Waals surface area (Å²) in [5.41, 5.74) is 9.22. The van der Waals surface area contributed by atoms with Gasteiger partial charge in [0.05, 0.1) is 0 Å². The van der Waals surface area contributed by atoms with Crippen LogP contribution in [0.3, 0.4) is 0 Å². The average molecular weight is 161 g/mol. The van der Waals surface area contributed by atoms with Gasteiger partial charge in [-0.2, -0.15) is 0 Å². The zero-order valence-electron chi connectivity index (χ0n) is 6.56. The molecule has 0 aliphatic heterocycles. The van der Waals surface area contributed by atoms with Crippen molar-refractivity contribution >= 4 is 11.5 Å². The third kappa shape index (κ3) is 1.84. The van der Waals surface area contributed by atoms with E-state index in [-0.39, 0.29) is 5.78 Å². The first-order valence-electron chi connectivity index (χ1n) is 3.40. The zero-order valence-corrected chi connectivity index (χ0v) is 6.56. The van der Waals surface area contributed by atoms with Crippen molar-refractivity contribution in [2.24, 2.45) is 5.11 Å². The van der Waals surface area contributed by atoms with Crippen molar-refractivity contribution in [2.75, 3.05) is 0 Å². The molecular weight excluding hydrogens is 154 g/mol. The molecule has 1 rings (SSSR count). The summed E-state index contributed by atoms with van der Waals surface area (Å²) >= 11 is 0. The second-order valence-electron chi connectivity index (χ2n) is 2.29. The fraction of sp³-hybridized carbons (Fsp3) is 0.125. The van der Waals surface area contributed by atoms with Crippen LogP contribution in [0, 0.1) is 0 Å². The van der Waals surface area contributed by atoms with Gasteiger partial charge in [-0.1, -0.05) is 29.4 Å². The maximum absolute atomic E-state index is 10.8. The van der Waals surface area contributed by atoms with Crippen LogP contribution in [0.2, 0.25) is 0 Å². The fourth-order valence-corrected chi connectivity index (χ4v) is 0.814. The summed E-state index contributed by atoms with van der Waals surface area (Å²) < 4.78 is 0. The second kappa shape index (κ2) is 3.55. The summed E-state index contributed by atoms with van der Waals surface area (Å²) in [5, 5.41) is 3.38. The van der Waals surface area contributed by atoms with Gasteiger partial charge in [-0.05, 0) is 12.5 Å². The highest BCUT2D eigenvalue weighted by Crippen LogP contribution is 2.12. The molecule has 60 valence electrons. The molecule has 4 heteroatoms. The molecular formula is C8H7N3O. The van der Waals surface area contributed by atoms with E-state index in [0.717, 1.165) is 0 Å². The van der Waals surface area contributed by atoms with Crippen molar-refractivity contribution in [3.05, 3.63) is 40.3 Å². The Hall–Kier alpha value is -1.80. The van der Waals surface area contributed by atoms with Gasteiger partial charge in [0.15, 0.2) is 5.78 Å². The minimum absolute atomic E-state index is 0.00230. The number of benzene rings is 1. The minimum atomic E-state index is 0.00230. The highest BCUT2D eigenvalue weighted by atomic mass is 16.1. The molecule has 0 heterocycles. The van der Waals surface area contributed by atoms with E-state index < -0.39 is 0 Å². The summed E-state index contributed by atoms with van der Waals surface area (Å²) in [6, 6.07) is 6.48. The predicted octanol–water partition coefficient (Wildman–Crippen LogP) is 2.83. The molecule has 0 fully saturated rings. The van der Waals surface area contributed by atoms with Crippen LogP contribution in [0.1, 0.15) is 17.3 Å². The van der Waals surface area contributed by atoms with Crippen molar-refractivity contribution in [1.29, 1.82) is 0 Å². The summed E-state index contributed by atoms with van der Waals surface area (Å²) in [6.45, 7) is 1.49. The van der Waals surface area contributed by atoms with Gasteiger partial charge in [-0.3, -0.25) is 4.79 Å². The van der Waals surface area contributed by atoms with Crippen LogP contribution < -0.4 is 0 Å². The molecule has 0 atom stereocenters. The SMILES string of the molecule is CC(=O)c1ccc(N=[N+]=[N-])cc1. The molecule has 0 N–H and O–H groups in total. The van der Waals surface area contributed by atoms with E-state index in [1.165, 1.54) is 6.92 Å². The molecule has 1 aromatic carbocycles. The van der Waals surface area contributed by atoms with Crippen molar-refractivity contribution in [1.82, 2.24) is 0 Å². The van der Waals surface area contributed by atoms with Crippen LogP contribution in [0.5, 0.6) is 0 Å². The topological polar surface area (TPSA) is 65.8 Å². The Bertz CT molecular complexity index is 315. The van der Waals surface area contributed by atoms with Gasteiger partial charge in [-0.15, -0.1) is 0 Å². The zero-order chi connectivity index (χ0) is 8.97. The number of ketones is 1. The molecule has 4 nitrogen and oxygen atoms in total. The fourth-order valence-electron chi connectivity index (χ4n) is 0.814. The first-order valence-corrected chi connectivity index (χ1v) is 3.40. The maximum atomic E-state index is 10.8. The average Bonchev–Trinajstić information content (AvgIpc) is 2.06. The quantitative estimate of drug-likeness (QED) is 0.284. The Morgan fingerprint density at radius 3 is 2.42 bits per heavy atom. The van der Waals surface area contributed by atoms with Crippen LogP contribution in [0.4, 0.5) is 5.69 Å². The van der Waals surface area contributed by atoms with Crippen molar-refractivity contribution in [3.8, 4) is 0 Å². The van der Waals surface area contributed by atoms with E-state index in [9.17, 15) is 4.79 Å². The van der Waals surface area contributed by atoms with Crippen molar-refractivity contribution < 1.29 is 4.79 Å². The van der Waals surface area contributed by atoms with Gasteiger partial charge in [0.25, 0.3) is 0 Å². The molecule has 0 aromatic heterocycles. The molecule has 0 bridgehead atoms. The largest absolute Gasteiger partial charge is 0.295 e. The predicted molar refractivity (Wildman–Crippen MR) is 45.3 cm³/mol. The van der Waals surface area contributed by atoms with E-state index in [1.807, 2.05) is 0 Å². The standard InChI is InChI=1S/C8H7N3O/c1-6(12)7-2-4-8(5-3-7)10-11-9/h2-5H,1H3. The van der Waals surface area contributed by atoms with E-state index in [0.29, 0.717) is 11.3 Å². The Morgan fingerprint density at radius 2 is 2.00 bits per heavy atom. The highest BCUT2D eigenvalue weighted by Gasteiger charge is 1.96. The first-order chi connectivity index (χ1) is 5.74. The van der Waals surface area contributed by atoms with Crippen LogP contribution in [-0.4, -0.2) is 5.78 Å². The Morgan fingerprint density at radius 1 is 1.42 bits per heavy atom. The summed E-state index contributed by atoms with van der Waals surface area (Å²) in [4.78, 5) is 13.4. The lowest BCUT2D eigenvalue weighted by Gasteiger charge is -1.94. The molecule has 0 unspecified atom stereocenters. The summed E-state index contributed by atoms with van der Waals surface area (Å²) in [7, 11) is 0. The Balaban J connectivity index is 3.00. The van der Waals surface area contributed by atoms with Gasteiger partial charge >= 0.3 is 0 Å². The molecule has 0 radical (unpaired) electrons. The van der Waals surface area contributed by atoms with Crippen molar-refractivity contribution in [3.63, 3.8) is 0 Å². The normalized spacial score (nSPS) is 8.75. The smallest absolute Gasteiger partial charge is 0.159 e. The van der Waals surface area contributed by atoms with Crippen molar-refractivity contribution in [2.45, 2.75) is 6.92 Å². The lowest BCUT2D eigenvalue weighted by Crippen LogP contribution is -1.89. The number of rotatable bonds is 2. The van der Waals surface area contributed by atoms with Crippen LogP contribution in [-0.2, 0) is 0 Å². The summed E-state index contributed by atoms with van der Waals surface area (Å²) in [5.74, 6) is 0.00230. The second-order valence-corrected chi connectivity index (χ2v) is 2.29. The number of nitrogens with zero attached hydrogens (tertiary/aromatic N) is 3. The first kappa shape index (κ1) is 8.30. The molecule has 0 aliphatic rings. The van der Waals surface area contributed by atoms with Gasteiger partial charge in [0, 0.05) is 16.2 Å². The van der Waals surface area contributed by atoms with Gasteiger partial charge in [0.2, 0.25) is 0 Å². The van der Waals surface area contributed by atoms with Gasteiger partial charge in [0.1, 0.15) is 0 Å². The molecule has 0 spiro atoms. The van der Waals surface area contributed by atoms with Gasteiger partial charge < -0.3 is 0 Å². The van der Waals surface area contributed by atoms with Gasteiger partial charge in [-0.25, -0.2) is 0 Å². The van der Waals surface area contributed by atoms with Crippen LogP contribution in [0.25, 0.3) is 10.4 Å². The lowest BCUT2D eigenvalue weighted by molar-refractivity contribution is 0.101. The number of carbonyl (C=O) groups excluding carboxylic acids is 1. The molecule has 0 saturated heterocycles. The minimum Gasteiger partial charge on any atom is -0.295 e. The van der Waals surface area contributed by atoms with Crippen LogP contribution >= 0.6 is 0 Å². The molecule has 0 saturated carbocycles. The number of hydrogen-bond donors (Lipinski definition) is 0. The van der Waals surface area contributed by atoms with E-state index in [2.05, 4.69) is 10.0 Å². The summed E-state index contributed by atoms with van der Waals surface area (Å²) in [6.07, 6.45) is 0. The third-order valence-electron chi connectivity index (χ3n) is 1.43. The molecule has 1 aromatic rings. The number of Topliss-reactive ketones (excluding diaryl/α,β-unsaturated/α-hetero) is 1. The monoisotopic (exact) mass is 161 g/mol. The number of azide groups is 1. The van der Waals surface area contributed by atoms with E-state index in [1.54, 1.807) is 24.3 Å². The third-order valence-corrected chi connectivity index (χ3v) is 1.43. The van der Waals surface area contributed by atoms with E-state index in [4.69, 9.17) is 5.53 Å². The maximum Gasteiger partial charge on any atom is 0.159 e. The Kier molecular flexibility index (Phi) is 2.46. The molecule has 0 amide bonds. The van der Waals surface area contributed by atoms with Crippen LogP contribution in [0.15, 0.2) is 29.4 Å². The number of hydrogen-bond acceptors (Lipinski definition) is 2. The highest BCUT2D eigenvalue weighted by molar-refractivity contribution is 5.94. The Labute approximate surface area is 69.5 Å². The lowest BCUT2D eigenvalue weighted by atomic mass is 10.1.